The Morgan fingerprint density at radius 1 is 1.29 bits per heavy atom. The number of benzene rings is 1. The largest absolute Gasteiger partial charge is 0.340 e. The first-order valence-corrected chi connectivity index (χ1v) is 7.06. The van der Waals surface area contributed by atoms with Gasteiger partial charge in [0.15, 0.2) is 0 Å². The Hall–Kier alpha value is -2.51. The first kappa shape index (κ1) is 13.5. The number of nitrogens with one attached hydrogen (secondary N) is 1. The molecule has 1 aromatic carbocycles. The monoisotopic (exact) mass is 279 g/mol. The summed E-state index contributed by atoms with van der Waals surface area (Å²) in [5.74, 6) is 5.69. The van der Waals surface area contributed by atoms with Gasteiger partial charge in [-0.3, -0.25) is 4.79 Å². The SMILES string of the molecule is NCC#Cc1ccccc1NC(=O)c1cccn1C1CC1. The summed E-state index contributed by atoms with van der Waals surface area (Å²) in [6.45, 7) is 0.298. The van der Waals surface area contributed by atoms with Crippen molar-refractivity contribution in [1.82, 2.24) is 4.57 Å². The summed E-state index contributed by atoms with van der Waals surface area (Å²) < 4.78 is 2.05. The number of rotatable bonds is 3. The second kappa shape index (κ2) is 5.86. The predicted molar refractivity (Wildman–Crippen MR) is 83.0 cm³/mol. The molecule has 106 valence electrons. The Morgan fingerprint density at radius 3 is 2.86 bits per heavy atom. The summed E-state index contributed by atoms with van der Waals surface area (Å²) in [5.41, 5.74) is 7.59. The van der Waals surface area contributed by atoms with E-state index in [4.69, 9.17) is 5.73 Å². The minimum atomic E-state index is -0.103. The Labute approximate surface area is 124 Å². The van der Waals surface area contributed by atoms with Gasteiger partial charge in [0.2, 0.25) is 0 Å². The van der Waals surface area contributed by atoms with Crippen LogP contribution >= 0.6 is 0 Å². The Morgan fingerprint density at radius 2 is 2.10 bits per heavy atom. The van der Waals surface area contributed by atoms with Crippen molar-refractivity contribution < 1.29 is 4.79 Å². The number of carbonyl (C=O) groups is 1. The molecule has 1 saturated carbocycles. The van der Waals surface area contributed by atoms with Gasteiger partial charge in [0.25, 0.3) is 5.91 Å². The van der Waals surface area contributed by atoms with Gasteiger partial charge in [-0.25, -0.2) is 0 Å². The summed E-state index contributed by atoms with van der Waals surface area (Å²) in [6.07, 6.45) is 4.26. The molecule has 0 spiro atoms. The minimum absolute atomic E-state index is 0.103. The number of anilines is 1. The van der Waals surface area contributed by atoms with E-state index in [1.165, 1.54) is 0 Å². The molecule has 1 aliphatic carbocycles. The lowest BCUT2D eigenvalue weighted by atomic mass is 10.1. The molecule has 0 radical (unpaired) electrons. The van der Waals surface area contributed by atoms with Crippen molar-refractivity contribution in [1.29, 1.82) is 0 Å². The molecule has 21 heavy (non-hydrogen) atoms. The topological polar surface area (TPSA) is 60.0 Å². The standard InChI is InChI=1S/C17H17N3O/c18-11-3-6-13-5-1-2-7-15(13)19-17(21)16-8-4-12-20(16)14-9-10-14/h1-2,4-5,7-8,12,14H,9-11,18H2,(H,19,21). The number of nitrogens with zero attached hydrogens (tertiary/aromatic N) is 1. The number of aromatic nitrogens is 1. The molecule has 1 fully saturated rings. The van der Waals surface area contributed by atoms with Crippen LogP contribution in [0.4, 0.5) is 5.69 Å². The quantitative estimate of drug-likeness (QED) is 0.847. The summed E-state index contributed by atoms with van der Waals surface area (Å²) >= 11 is 0. The summed E-state index contributed by atoms with van der Waals surface area (Å²) in [6, 6.07) is 11.7. The van der Waals surface area contributed by atoms with Gasteiger partial charge in [0, 0.05) is 17.8 Å². The number of para-hydroxylation sites is 1. The molecule has 0 bridgehead atoms. The highest BCUT2D eigenvalue weighted by Gasteiger charge is 2.26. The maximum atomic E-state index is 12.4. The van der Waals surface area contributed by atoms with Crippen LogP contribution in [0.1, 0.15) is 34.9 Å². The highest BCUT2D eigenvalue weighted by Crippen LogP contribution is 2.36. The van der Waals surface area contributed by atoms with E-state index < -0.39 is 0 Å². The van der Waals surface area contributed by atoms with Crippen LogP contribution in [0.25, 0.3) is 0 Å². The Bertz CT molecular complexity index is 717. The van der Waals surface area contributed by atoms with E-state index in [1.807, 2.05) is 47.2 Å². The van der Waals surface area contributed by atoms with E-state index in [0.717, 1.165) is 18.4 Å². The number of carbonyl (C=O) groups excluding carboxylic acids is 1. The van der Waals surface area contributed by atoms with Gasteiger partial charge in [-0.15, -0.1) is 0 Å². The predicted octanol–water partition coefficient (Wildman–Crippen LogP) is 2.39. The molecule has 4 nitrogen and oxygen atoms in total. The van der Waals surface area contributed by atoms with Crippen LogP contribution in [0.2, 0.25) is 0 Å². The molecule has 0 atom stereocenters. The van der Waals surface area contributed by atoms with Crippen LogP contribution in [-0.4, -0.2) is 17.0 Å². The van der Waals surface area contributed by atoms with E-state index in [0.29, 0.717) is 24.0 Å². The van der Waals surface area contributed by atoms with Crippen LogP contribution in [0.3, 0.4) is 0 Å². The fourth-order valence-corrected chi connectivity index (χ4v) is 2.29. The molecular weight excluding hydrogens is 262 g/mol. The zero-order chi connectivity index (χ0) is 14.7. The van der Waals surface area contributed by atoms with E-state index in [9.17, 15) is 4.79 Å². The maximum Gasteiger partial charge on any atom is 0.272 e. The van der Waals surface area contributed by atoms with Crippen molar-refractivity contribution in [3.8, 4) is 11.8 Å². The average Bonchev–Trinajstić information content (AvgIpc) is 3.23. The van der Waals surface area contributed by atoms with Gasteiger partial charge in [-0.2, -0.15) is 0 Å². The third kappa shape index (κ3) is 2.99. The summed E-state index contributed by atoms with van der Waals surface area (Å²) in [7, 11) is 0. The molecule has 1 aromatic heterocycles. The number of amides is 1. The van der Waals surface area contributed by atoms with Crippen molar-refractivity contribution in [2.75, 3.05) is 11.9 Å². The van der Waals surface area contributed by atoms with Crippen LogP contribution in [0.5, 0.6) is 0 Å². The number of hydrogen-bond donors (Lipinski definition) is 2. The zero-order valence-corrected chi connectivity index (χ0v) is 11.7. The van der Waals surface area contributed by atoms with Gasteiger partial charge in [-0.05, 0) is 37.1 Å². The van der Waals surface area contributed by atoms with Crippen molar-refractivity contribution >= 4 is 11.6 Å². The maximum absolute atomic E-state index is 12.4. The second-order valence-corrected chi connectivity index (χ2v) is 5.04. The zero-order valence-electron chi connectivity index (χ0n) is 11.7. The van der Waals surface area contributed by atoms with Gasteiger partial charge in [0.1, 0.15) is 5.69 Å². The van der Waals surface area contributed by atoms with E-state index >= 15 is 0 Å². The van der Waals surface area contributed by atoms with Gasteiger partial charge < -0.3 is 15.6 Å². The van der Waals surface area contributed by atoms with E-state index in [2.05, 4.69) is 17.2 Å². The van der Waals surface area contributed by atoms with E-state index in [-0.39, 0.29) is 5.91 Å². The third-order valence-electron chi connectivity index (χ3n) is 3.45. The molecule has 1 aliphatic rings. The lowest BCUT2D eigenvalue weighted by Gasteiger charge is -2.10. The lowest BCUT2D eigenvalue weighted by Crippen LogP contribution is -2.17. The Kier molecular flexibility index (Phi) is 3.76. The number of nitrogens with two attached hydrogens (primary N) is 1. The van der Waals surface area contributed by atoms with Crippen molar-refractivity contribution in [2.45, 2.75) is 18.9 Å². The van der Waals surface area contributed by atoms with Crippen molar-refractivity contribution in [2.24, 2.45) is 5.73 Å². The minimum Gasteiger partial charge on any atom is -0.340 e. The highest BCUT2D eigenvalue weighted by atomic mass is 16.1. The van der Waals surface area contributed by atoms with Gasteiger partial charge >= 0.3 is 0 Å². The van der Waals surface area contributed by atoms with Crippen LogP contribution in [0, 0.1) is 11.8 Å². The molecule has 3 rings (SSSR count). The Balaban J connectivity index is 1.83. The highest BCUT2D eigenvalue weighted by molar-refractivity contribution is 6.04. The summed E-state index contributed by atoms with van der Waals surface area (Å²) in [4.78, 5) is 12.4. The fourth-order valence-electron chi connectivity index (χ4n) is 2.29. The first-order chi connectivity index (χ1) is 10.3. The third-order valence-corrected chi connectivity index (χ3v) is 3.45. The molecule has 1 heterocycles. The van der Waals surface area contributed by atoms with Gasteiger partial charge in [-0.1, -0.05) is 24.0 Å². The molecular formula is C17H17N3O. The molecule has 0 aliphatic heterocycles. The molecule has 4 heteroatoms. The van der Waals surface area contributed by atoms with Gasteiger partial charge in [0.05, 0.1) is 12.2 Å². The molecule has 3 N–H and O–H groups in total. The second-order valence-electron chi connectivity index (χ2n) is 5.04. The van der Waals surface area contributed by atoms with Crippen molar-refractivity contribution in [3.05, 3.63) is 53.9 Å². The smallest absolute Gasteiger partial charge is 0.272 e. The molecule has 2 aromatic rings. The van der Waals surface area contributed by atoms with Crippen LogP contribution in [0.15, 0.2) is 42.6 Å². The summed E-state index contributed by atoms with van der Waals surface area (Å²) in [5, 5.41) is 2.94. The molecule has 0 unspecified atom stereocenters. The average molecular weight is 279 g/mol. The normalized spacial score (nSPS) is 13.4. The number of hydrogen-bond acceptors (Lipinski definition) is 2. The fraction of sp³-hybridized carbons (Fsp3) is 0.235. The molecule has 0 saturated heterocycles. The van der Waals surface area contributed by atoms with Crippen LogP contribution in [-0.2, 0) is 0 Å². The van der Waals surface area contributed by atoms with Crippen LogP contribution < -0.4 is 11.1 Å². The van der Waals surface area contributed by atoms with E-state index in [1.54, 1.807) is 0 Å². The first-order valence-electron chi connectivity index (χ1n) is 7.06. The molecule has 1 amide bonds. The lowest BCUT2D eigenvalue weighted by molar-refractivity contribution is 0.101. The van der Waals surface area contributed by atoms with Crippen molar-refractivity contribution in [3.63, 3.8) is 0 Å².